The number of nitrogens with one attached hydrogen (secondary N) is 1. The lowest BCUT2D eigenvalue weighted by atomic mass is 10.1. The summed E-state index contributed by atoms with van der Waals surface area (Å²) < 4.78 is 14.0. The minimum atomic E-state index is -0.364. The number of benzene rings is 1. The Kier molecular flexibility index (Phi) is 2.48. The second kappa shape index (κ2) is 3.66. The summed E-state index contributed by atoms with van der Waals surface area (Å²) in [4.78, 5) is 4.13. The Morgan fingerprint density at radius 2 is 2.20 bits per heavy atom. The van der Waals surface area contributed by atoms with Gasteiger partial charge >= 0.3 is 0 Å². The summed E-state index contributed by atoms with van der Waals surface area (Å²) >= 11 is 3.34. The van der Waals surface area contributed by atoms with E-state index in [0.29, 0.717) is 16.9 Å². The van der Waals surface area contributed by atoms with E-state index in [1.807, 2.05) is 0 Å². The van der Waals surface area contributed by atoms with Gasteiger partial charge in [-0.05, 0) is 28.1 Å². The van der Waals surface area contributed by atoms with Gasteiger partial charge in [-0.3, -0.25) is 0 Å². The van der Waals surface area contributed by atoms with Gasteiger partial charge in [-0.1, -0.05) is 0 Å². The van der Waals surface area contributed by atoms with Crippen LogP contribution >= 0.6 is 15.9 Å². The topological polar surface area (TPSA) is 50.9 Å². The lowest BCUT2D eigenvalue weighted by Crippen LogP contribution is -1.97. The summed E-state index contributed by atoms with van der Waals surface area (Å²) in [6.45, 7) is 0. The van der Waals surface area contributed by atoms with Crippen LogP contribution in [0.25, 0.3) is 10.8 Å². The normalized spacial score (nSPS) is 10.6. The molecular weight excluding hydrogens is 261 g/mol. The molecule has 0 fully saturated rings. The molecule has 0 radical (unpaired) electrons. The number of aromatic nitrogens is 1. The molecular formula is C10H9BrFN3. The number of hydrogen-bond donors (Lipinski definition) is 2. The predicted molar refractivity (Wildman–Crippen MR) is 63.4 cm³/mol. The Morgan fingerprint density at radius 1 is 1.47 bits per heavy atom. The van der Waals surface area contributed by atoms with Crippen LogP contribution in [0.3, 0.4) is 0 Å². The second-order valence-electron chi connectivity index (χ2n) is 3.12. The summed E-state index contributed by atoms with van der Waals surface area (Å²) in [7, 11) is 1.73. The highest BCUT2D eigenvalue weighted by Gasteiger charge is 2.09. The average Bonchev–Trinajstić information content (AvgIpc) is 2.17. The van der Waals surface area contributed by atoms with Crippen molar-refractivity contribution in [2.75, 3.05) is 18.1 Å². The van der Waals surface area contributed by atoms with Gasteiger partial charge in [0.25, 0.3) is 0 Å². The van der Waals surface area contributed by atoms with Crippen LogP contribution in [0.15, 0.2) is 22.8 Å². The average molecular weight is 270 g/mol. The van der Waals surface area contributed by atoms with Crippen LogP contribution in [0.4, 0.5) is 15.9 Å². The quantitative estimate of drug-likeness (QED) is 0.783. The van der Waals surface area contributed by atoms with Crippen LogP contribution < -0.4 is 11.1 Å². The first kappa shape index (κ1) is 10.2. The van der Waals surface area contributed by atoms with E-state index >= 15 is 0 Å². The van der Waals surface area contributed by atoms with Crippen molar-refractivity contribution in [3.63, 3.8) is 0 Å². The molecule has 1 aromatic carbocycles. The highest BCUT2D eigenvalue weighted by atomic mass is 79.9. The van der Waals surface area contributed by atoms with Crippen molar-refractivity contribution in [3.8, 4) is 0 Å². The van der Waals surface area contributed by atoms with Crippen LogP contribution in [-0.2, 0) is 0 Å². The molecule has 1 aromatic heterocycles. The summed E-state index contributed by atoms with van der Waals surface area (Å²) in [6.07, 6.45) is 1.64. The third kappa shape index (κ3) is 1.63. The van der Waals surface area contributed by atoms with Crippen LogP contribution in [0.2, 0.25) is 0 Å². The fourth-order valence-electron chi connectivity index (χ4n) is 1.54. The van der Waals surface area contributed by atoms with E-state index < -0.39 is 0 Å². The first-order chi connectivity index (χ1) is 7.13. The van der Waals surface area contributed by atoms with Crippen molar-refractivity contribution in [1.82, 2.24) is 4.98 Å². The smallest absolute Gasteiger partial charge is 0.133 e. The molecule has 3 N–H and O–H groups in total. The number of anilines is 2. The largest absolute Gasteiger partial charge is 0.398 e. The van der Waals surface area contributed by atoms with Crippen molar-refractivity contribution in [3.05, 3.63) is 28.6 Å². The highest BCUT2D eigenvalue weighted by molar-refractivity contribution is 9.10. The van der Waals surface area contributed by atoms with Gasteiger partial charge in [-0.15, -0.1) is 0 Å². The van der Waals surface area contributed by atoms with E-state index in [1.54, 1.807) is 13.2 Å². The number of fused-ring (bicyclic) bond motifs is 1. The van der Waals surface area contributed by atoms with Gasteiger partial charge in [0.05, 0.1) is 0 Å². The zero-order chi connectivity index (χ0) is 11.0. The number of nitrogen functional groups attached to an aromatic ring is 1. The maximum Gasteiger partial charge on any atom is 0.133 e. The fourth-order valence-corrected chi connectivity index (χ4v) is 2.08. The van der Waals surface area contributed by atoms with Crippen LogP contribution in [0, 0.1) is 5.82 Å². The van der Waals surface area contributed by atoms with E-state index in [2.05, 4.69) is 26.2 Å². The molecule has 5 heteroatoms. The number of hydrogen-bond acceptors (Lipinski definition) is 3. The molecule has 0 aliphatic heterocycles. The highest BCUT2D eigenvalue weighted by Crippen LogP contribution is 2.33. The molecule has 0 bridgehead atoms. The summed E-state index contributed by atoms with van der Waals surface area (Å²) in [6, 6.07) is 2.71. The Balaban J connectivity index is 2.93. The van der Waals surface area contributed by atoms with Crippen molar-refractivity contribution >= 4 is 38.2 Å². The lowest BCUT2D eigenvalue weighted by Gasteiger charge is -2.08. The van der Waals surface area contributed by atoms with Crippen molar-refractivity contribution in [1.29, 1.82) is 0 Å². The number of halogens is 2. The van der Waals surface area contributed by atoms with E-state index in [9.17, 15) is 4.39 Å². The predicted octanol–water partition coefficient (Wildman–Crippen LogP) is 2.76. The Labute approximate surface area is 94.6 Å². The molecule has 0 atom stereocenters. The second-order valence-corrected chi connectivity index (χ2v) is 3.98. The number of pyridine rings is 1. The molecule has 15 heavy (non-hydrogen) atoms. The molecule has 2 aromatic rings. The minimum Gasteiger partial charge on any atom is -0.398 e. The summed E-state index contributed by atoms with van der Waals surface area (Å²) in [5.41, 5.74) is 6.15. The first-order valence-electron chi connectivity index (χ1n) is 4.34. The molecule has 2 rings (SSSR count). The Morgan fingerprint density at radius 3 is 2.87 bits per heavy atom. The third-order valence-corrected chi connectivity index (χ3v) is 2.77. The summed E-state index contributed by atoms with van der Waals surface area (Å²) in [5, 5.41) is 4.34. The zero-order valence-corrected chi connectivity index (χ0v) is 9.60. The van der Waals surface area contributed by atoms with E-state index in [-0.39, 0.29) is 5.82 Å². The number of rotatable bonds is 1. The minimum absolute atomic E-state index is 0.364. The maximum absolute atomic E-state index is 13.2. The monoisotopic (exact) mass is 269 g/mol. The van der Waals surface area contributed by atoms with Crippen molar-refractivity contribution in [2.45, 2.75) is 0 Å². The van der Waals surface area contributed by atoms with Crippen molar-refractivity contribution in [2.24, 2.45) is 0 Å². The molecule has 0 amide bonds. The zero-order valence-electron chi connectivity index (χ0n) is 8.01. The van der Waals surface area contributed by atoms with E-state index in [0.717, 1.165) is 9.86 Å². The lowest BCUT2D eigenvalue weighted by molar-refractivity contribution is 0.630. The molecule has 1 heterocycles. The third-order valence-electron chi connectivity index (χ3n) is 2.17. The van der Waals surface area contributed by atoms with Gasteiger partial charge in [0.2, 0.25) is 0 Å². The van der Waals surface area contributed by atoms with Crippen LogP contribution in [0.5, 0.6) is 0 Å². The molecule has 78 valence electrons. The van der Waals surface area contributed by atoms with Gasteiger partial charge in [-0.25, -0.2) is 9.37 Å². The van der Waals surface area contributed by atoms with Crippen LogP contribution in [0.1, 0.15) is 0 Å². The van der Waals surface area contributed by atoms with Crippen molar-refractivity contribution < 1.29 is 4.39 Å². The SMILES string of the molecule is CNc1ncc(Br)c2c(N)cc(F)cc12. The van der Waals surface area contributed by atoms with Gasteiger partial charge in [0, 0.05) is 34.2 Å². The van der Waals surface area contributed by atoms with Crippen LogP contribution in [-0.4, -0.2) is 12.0 Å². The maximum atomic E-state index is 13.2. The van der Waals surface area contributed by atoms with Gasteiger partial charge in [0.1, 0.15) is 11.6 Å². The number of nitrogens with two attached hydrogens (primary N) is 1. The van der Waals surface area contributed by atoms with E-state index in [4.69, 9.17) is 5.73 Å². The first-order valence-corrected chi connectivity index (χ1v) is 5.13. The van der Waals surface area contributed by atoms with Gasteiger partial charge in [0.15, 0.2) is 0 Å². The molecule has 0 spiro atoms. The molecule has 0 aliphatic carbocycles. The standard InChI is InChI=1S/C10H9BrFN3/c1-14-10-6-2-5(12)3-8(13)9(6)7(11)4-15-10/h2-4H,13H2,1H3,(H,14,15). The molecule has 3 nitrogen and oxygen atoms in total. The molecule has 0 saturated heterocycles. The van der Waals surface area contributed by atoms with Gasteiger partial charge in [-0.2, -0.15) is 0 Å². The summed E-state index contributed by atoms with van der Waals surface area (Å²) in [5.74, 6) is 0.246. The Hall–Kier alpha value is -1.36. The number of nitrogens with zero attached hydrogens (tertiary/aromatic N) is 1. The fraction of sp³-hybridized carbons (Fsp3) is 0.100. The molecule has 0 unspecified atom stereocenters. The molecule has 0 aliphatic rings. The van der Waals surface area contributed by atoms with E-state index in [1.165, 1.54) is 12.1 Å². The molecule has 0 saturated carbocycles. The Bertz CT molecular complexity index is 528. The van der Waals surface area contributed by atoms with Gasteiger partial charge < -0.3 is 11.1 Å².